The summed E-state index contributed by atoms with van der Waals surface area (Å²) in [6.45, 7) is 3.15. The molecule has 1 saturated carbocycles. The number of carbonyl (C=O) groups excluding carboxylic acids is 1. The van der Waals surface area contributed by atoms with Gasteiger partial charge in [-0.05, 0) is 19.8 Å². The molecule has 2 rings (SSSR count). The Morgan fingerprint density at radius 3 is 2.69 bits per heavy atom. The molecule has 1 aliphatic carbocycles. The number of amides is 1. The Morgan fingerprint density at radius 1 is 1.62 bits per heavy atom. The number of likely N-dealkylation sites (tertiary alicyclic amines) is 1. The van der Waals surface area contributed by atoms with E-state index >= 15 is 0 Å². The van der Waals surface area contributed by atoms with Gasteiger partial charge >= 0.3 is 0 Å². The van der Waals surface area contributed by atoms with Gasteiger partial charge in [0, 0.05) is 6.04 Å². The Bertz CT molecular complexity index is 216. The molecule has 2 N–H and O–H groups in total. The van der Waals surface area contributed by atoms with E-state index in [0.29, 0.717) is 25.7 Å². The average Bonchev–Trinajstić information content (AvgIpc) is 2.78. The van der Waals surface area contributed by atoms with E-state index < -0.39 is 5.60 Å². The van der Waals surface area contributed by atoms with Crippen LogP contribution in [0.3, 0.4) is 0 Å². The maximum Gasteiger partial charge on any atom is 0.236 e. The van der Waals surface area contributed by atoms with E-state index in [-0.39, 0.29) is 5.91 Å². The van der Waals surface area contributed by atoms with E-state index in [1.54, 1.807) is 11.8 Å². The van der Waals surface area contributed by atoms with Crippen molar-refractivity contribution >= 4 is 5.91 Å². The highest BCUT2D eigenvalue weighted by Gasteiger charge is 2.39. The molecule has 0 spiro atoms. The third-order valence-corrected chi connectivity index (χ3v) is 2.53. The van der Waals surface area contributed by atoms with E-state index in [9.17, 15) is 9.90 Å². The van der Waals surface area contributed by atoms with E-state index in [1.807, 2.05) is 0 Å². The van der Waals surface area contributed by atoms with E-state index in [0.717, 1.165) is 0 Å². The normalized spacial score (nSPS) is 25.5. The Labute approximate surface area is 77.9 Å². The highest BCUT2D eigenvalue weighted by atomic mass is 16.3. The summed E-state index contributed by atoms with van der Waals surface area (Å²) in [4.78, 5) is 13.1. The fourth-order valence-electron chi connectivity index (χ4n) is 1.58. The van der Waals surface area contributed by atoms with Crippen LogP contribution in [-0.4, -0.2) is 47.2 Å². The van der Waals surface area contributed by atoms with Crippen LogP contribution in [0.25, 0.3) is 0 Å². The first-order valence-electron chi connectivity index (χ1n) is 4.80. The summed E-state index contributed by atoms with van der Waals surface area (Å²) in [6.07, 6.45) is 2.40. The van der Waals surface area contributed by atoms with Gasteiger partial charge in [-0.25, -0.2) is 0 Å². The van der Waals surface area contributed by atoms with Gasteiger partial charge < -0.3 is 15.3 Å². The Kier molecular flexibility index (Phi) is 2.04. The van der Waals surface area contributed by atoms with Gasteiger partial charge in [0.05, 0.1) is 25.2 Å². The SMILES string of the molecule is CC1(O)CN(C(=O)CNC2CC2)C1. The molecule has 4 heteroatoms. The maximum absolute atomic E-state index is 11.4. The van der Waals surface area contributed by atoms with Crippen molar-refractivity contribution < 1.29 is 9.90 Å². The van der Waals surface area contributed by atoms with Crippen molar-refractivity contribution in [1.29, 1.82) is 0 Å². The van der Waals surface area contributed by atoms with Crippen LogP contribution in [0.1, 0.15) is 19.8 Å². The van der Waals surface area contributed by atoms with Gasteiger partial charge in [-0.1, -0.05) is 0 Å². The molecule has 0 aromatic heterocycles. The molecule has 0 aromatic rings. The average molecular weight is 184 g/mol. The molecule has 13 heavy (non-hydrogen) atoms. The smallest absolute Gasteiger partial charge is 0.236 e. The summed E-state index contributed by atoms with van der Waals surface area (Å²) >= 11 is 0. The molecule has 0 bridgehead atoms. The van der Waals surface area contributed by atoms with Gasteiger partial charge in [0.1, 0.15) is 0 Å². The van der Waals surface area contributed by atoms with Crippen LogP contribution in [0.4, 0.5) is 0 Å². The second kappa shape index (κ2) is 2.96. The Hall–Kier alpha value is -0.610. The number of carbonyl (C=O) groups is 1. The van der Waals surface area contributed by atoms with Gasteiger partial charge in [-0.15, -0.1) is 0 Å². The number of nitrogens with one attached hydrogen (secondary N) is 1. The number of hydrogen-bond acceptors (Lipinski definition) is 3. The number of aliphatic hydroxyl groups is 1. The predicted molar refractivity (Wildman–Crippen MR) is 48.2 cm³/mol. The highest BCUT2D eigenvalue weighted by molar-refractivity contribution is 5.79. The third-order valence-electron chi connectivity index (χ3n) is 2.53. The van der Waals surface area contributed by atoms with E-state index in [4.69, 9.17) is 0 Å². The predicted octanol–water partition coefficient (Wildman–Crippen LogP) is -0.668. The fraction of sp³-hybridized carbons (Fsp3) is 0.889. The molecule has 0 aromatic carbocycles. The zero-order valence-electron chi connectivity index (χ0n) is 7.92. The largest absolute Gasteiger partial charge is 0.386 e. The molecule has 4 nitrogen and oxygen atoms in total. The summed E-state index contributed by atoms with van der Waals surface area (Å²) in [5.41, 5.74) is -0.644. The molecular formula is C9H16N2O2. The molecule has 1 saturated heterocycles. The summed E-state index contributed by atoms with van der Waals surface area (Å²) in [5, 5.41) is 12.6. The zero-order valence-corrected chi connectivity index (χ0v) is 7.92. The van der Waals surface area contributed by atoms with Crippen molar-refractivity contribution in [2.75, 3.05) is 19.6 Å². The number of hydrogen-bond donors (Lipinski definition) is 2. The molecule has 2 fully saturated rings. The van der Waals surface area contributed by atoms with Crippen LogP contribution in [0.5, 0.6) is 0 Å². The van der Waals surface area contributed by atoms with Crippen LogP contribution in [0, 0.1) is 0 Å². The number of rotatable bonds is 3. The van der Waals surface area contributed by atoms with Crippen molar-refractivity contribution in [3.63, 3.8) is 0 Å². The quantitative estimate of drug-likeness (QED) is 0.611. The number of β-amino-alcohol motifs (C(OH)–C–C–N with tert-alkyl or cyclic N) is 1. The van der Waals surface area contributed by atoms with Crippen LogP contribution in [0.15, 0.2) is 0 Å². The summed E-state index contributed by atoms with van der Waals surface area (Å²) in [5.74, 6) is 0.110. The van der Waals surface area contributed by atoms with Crippen LogP contribution < -0.4 is 5.32 Å². The minimum Gasteiger partial charge on any atom is -0.386 e. The lowest BCUT2D eigenvalue weighted by Gasteiger charge is -2.44. The first-order chi connectivity index (χ1) is 6.07. The standard InChI is InChI=1S/C9H16N2O2/c1-9(13)5-11(6-9)8(12)4-10-7-2-3-7/h7,10,13H,2-6H2,1H3. The van der Waals surface area contributed by atoms with Crippen LogP contribution >= 0.6 is 0 Å². The first-order valence-corrected chi connectivity index (χ1v) is 4.80. The molecule has 0 unspecified atom stereocenters. The van der Waals surface area contributed by atoms with E-state index in [2.05, 4.69) is 5.32 Å². The Balaban J connectivity index is 1.66. The molecule has 1 heterocycles. The lowest BCUT2D eigenvalue weighted by atomic mass is 9.97. The van der Waals surface area contributed by atoms with Crippen molar-refractivity contribution in [1.82, 2.24) is 10.2 Å². The second-order valence-electron chi connectivity index (χ2n) is 4.40. The Morgan fingerprint density at radius 2 is 2.23 bits per heavy atom. The first kappa shape index (κ1) is 8.97. The topological polar surface area (TPSA) is 52.6 Å². The summed E-state index contributed by atoms with van der Waals surface area (Å²) in [6, 6.07) is 0.575. The van der Waals surface area contributed by atoms with Gasteiger partial charge in [0.15, 0.2) is 0 Å². The maximum atomic E-state index is 11.4. The third kappa shape index (κ3) is 2.19. The molecule has 1 amide bonds. The molecular weight excluding hydrogens is 168 g/mol. The lowest BCUT2D eigenvalue weighted by molar-refractivity contribution is -0.151. The molecule has 1 aliphatic heterocycles. The fourth-order valence-corrected chi connectivity index (χ4v) is 1.58. The lowest BCUT2D eigenvalue weighted by Crippen LogP contribution is -2.63. The van der Waals surface area contributed by atoms with Gasteiger partial charge in [0.2, 0.25) is 5.91 Å². The van der Waals surface area contributed by atoms with Gasteiger partial charge in [0.25, 0.3) is 0 Å². The summed E-state index contributed by atoms with van der Waals surface area (Å²) < 4.78 is 0. The van der Waals surface area contributed by atoms with Gasteiger partial charge in [-0.2, -0.15) is 0 Å². The molecule has 2 aliphatic rings. The van der Waals surface area contributed by atoms with Crippen LogP contribution in [0.2, 0.25) is 0 Å². The second-order valence-corrected chi connectivity index (χ2v) is 4.40. The minimum atomic E-state index is -0.644. The monoisotopic (exact) mass is 184 g/mol. The van der Waals surface area contributed by atoms with Crippen LogP contribution in [-0.2, 0) is 4.79 Å². The van der Waals surface area contributed by atoms with Gasteiger partial charge in [-0.3, -0.25) is 4.79 Å². The van der Waals surface area contributed by atoms with Crippen molar-refractivity contribution in [3.05, 3.63) is 0 Å². The molecule has 74 valence electrons. The molecule has 0 atom stereocenters. The summed E-state index contributed by atoms with van der Waals surface area (Å²) in [7, 11) is 0. The van der Waals surface area contributed by atoms with Crippen molar-refractivity contribution in [3.8, 4) is 0 Å². The highest BCUT2D eigenvalue weighted by Crippen LogP contribution is 2.21. The van der Waals surface area contributed by atoms with Crippen molar-refractivity contribution in [2.45, 2.75) is 31.4 Å². The number of nitrogens with zero attached hydrogens (tertiary/aromatic N) is 1. The minimum absolute atomic E-state index is 0.110. The van der Waals surface area contributed by atoms with E-state index in [1.165, 1.54) is 12.8 Å². The van der Waals surface area contributed by atoms with Crippen molar-refractivity contribution in [2.24, 2.45) is 0 Å². The zero-order chi connectivity index (χ0) is 9.47. The molecule has 0 radical (unpaired) electrons.